The van der Waals surface area contributed by atoms with Crippen LogP contribution < -0.4 is 10.1 Å². The first kappa shape index (κ1) is 17.7. The number of anilines is 1. The summed E-state index contributed by atoms with van der Waals surface area (Å²) in [6.07, 6.45) is 0. The fourth-order valence-electron chi connectivity index (χ4n) is 2.06. The molecule has 0 fully saturated rings. The lowest BCUT2D eigenvalue weighted by Crippen LogP contribution is -2.35. The summed E-state index contributed by atoms with van der Waals surface area (Å²) in [5.74, 6) is -1.48. The molecule has 0 aliphatic carbocycles. The number of hydrogen-bond acceptors (Lipinski definition) is 3. The van der Waals surface area contributed by atoms with Crippen molar-refractivity contribution in [3.05, 3.63) is 58.9 Å². The van der Waals surface area contributed by atoms with Crippen LogP contribution in [-0.4, -0.2) is 37.4 Å². The van der Waals surface area contributed by atoms with Crippen molar-refractivity contribution in [2.75, 3.05) is 26.0 Å². The summed E-state index contributed by atoms with van der Waals surface area (Å²) in [5, 5.41) is 3.02. The van der Waals surface area contributed by atoms with Crippen LogP contribution in [0.4, 0.5) is 10.1 Å². The smallest absolute Gasteiger partial charge is 0.254 e. The third kappa shape index (κ3) is 4.23. The van der Waals surface area contributed by atoms with Crippen molar-refractivity contribution in [2.24, 2.45) is 0 Å². The lowest BCUT2D eigenvalue weighted by atomic mass is 10.2. The molecule has 2 rings (SSSR count). The van der Waals surface area contributed by atoms with Crippen molar-refractivity contribution < 1.29 is 18.7 Å². The van der Waals surface area contributed by atoms with Crippen molar-refractivity contribution in [3.8, 4) is 5.75 Å². The van der Waals surface area contributed by atoms with Crippen molar-refractivity contribution >= 4 is 29.1 Å². The Morgan fingerprint density at radius 3 is 2.58 bits per heavy atom. The van der Waals surface area contributed by atoms with E-state index < -0.39 is 17.6 Å². The van der Waals surface area contributed by atoms with Gasteiger partial charge in [-0.1, -0.05) is 23.7 Å². The second-order valence-electron chi connectivity index (χ2n) is 5.04. The first-order chi connectivity index (χ1) is 11.4. The van der Waals surface area contributed by atoms with Gasteiger partial charge in [-0.05, 0) is 30.3 Å². The second-order valence-corrected chi connectivity index (χ2v) is 5.45. The Morgan fingerprint density at radius 2 is 1.96 bits per heavy atom. The molecule has 2 amide bonds. The number of likely N-dealkylation sites (N-methyl/N-ethyl adjacent to an activating group) is 1. The highest BCUT2D eigenvalue weighted by Gasteiger charge is 2.17. The van der Waals surface area contributed by atoms with Gasteiger partial charge in [-0.15, -0.1) is 0 Å². The number of methoxy groups -OCH3 is 1. The molecule has 0 aliphatic heterocycles. The maximum absolute atomic E-state index is 13.7. The first-order valence-corrected chi connectivity index (χ1v) is 7.43. The average Bonchev–Trinajstić information content (AvgIpc) is 2.56. The minimum atomic E-state index is -0.641. The molecule has 0 radical (unpaired) electrons. The molecule has 5 nitrogen and oxygen atoms in total. The van der Waals surface area contributed by atoms with E-state index in [2.05, 4.69) is 5.32 Å². The van der Waals surface area contributed by atoms with Gasteiger partial charge in [-0.25, -0.2) is 4.39 Å². The van der Waals surface area contributed by atoms with E-state index in [1.807, 2.05) is 0 Å². The molecular weight excluding hydrogens is 335 g/mol. The number of nitrogens with zero attached hydrogens (tertiary/aromatic N) is 1. The van der Waals surface area contributed by atoms with E-state index in [4.69, 9.17) is 16.3 Å². The molecule has 0 aromatic heterocycles. The number of carbonyl (C=O) groups is 2. The van der Waals surface area contributed by atoms with Crippen molar-refractivity contribution in [1.82, 2.24) is 4.90 Å². The summed E-state index contributed by atoms with van der Waals surface area (Å²) >= 11 is 5.96. The molecular formula is C17H16ClFN2O3. The molecule has 0 atom stereocenters. The van der Waals surface area contributed by atoms with Gasteiger partial charge in [0.05, 0.1) is 24.4 Å². The van der Waals surface area contributed by atoms with Crippen LogP contribution in [0.5, 0.6) is 5.75 Å². The Hall–Kier alpha value is -2.60. The molecule has 126 valence electrons. The number of carbonyl (C=O) groups excluding carboxylic acids is 2. The van der Waals surface area contributed by atoms with E-state index in [1.54, 1.807) is 24.3 Å². The van der Waals surface area contributed by atoms with Crippen LogP contribution in [0.3, 0.4) is 0 Å². The highest BCUT2D eigenvalue weighted by molar-refractivity contribution is 6.33. The van der Waals surface area contributed by atoms with E-state index in [0.717, 1.165) is 6.07 Å². The summed E-state index contributed by atoms with van der Waals surface area (Å²) in [4.78, 5) is 25.5. The normalized spacial score (nSPS) is 10.2. The van der Waals surface area contributed by atoms with Gasteiger partial charge in [0.15, 0.2) is 11.6 Å². The Balaban J connectivity index is 2.02. The van der Waals surface area contributed by atoms with E-state index in [0.29, 0.717) is 10.7 Å². The number of ether oxygens (including phenoxy) is 1. The highest BCUT2D eigenvalue weighted by atomic mass is 35.5. The maximum Gasteiger partial charge on any atom is 0.254 e. The lowest BCUT2D eigenvalue weighted by Gasteiger charge is -2.17. The third-order valence-electron chi connectivity index (χ3n) is 3.27. The van der Waals surface area contributed by atoms with E-state index in [9.17, 15) is 14.0 Å². The quantitative estimate of drug-likeness (QED) is 0.900. The number of halogens is 2. The maximum atomic E-state index is 13.7. The fourth-order valence-corrected chi connectivity index (χ4v) is 2.24. The molecule has 0 saturated carbocycles. The Kier molecular flexibility index (Phi) is 5.76. The minimum absolute atomic E-state index is 0.0469. The summed E-state index contributed by atoms with van der Waals surface area (Å²) < 4.78 is 18.5. The zero-order valence-corrected chi connectivity index (χ0v) is 13.9. The van der Waals surface area contributed by atoms with Gasteiger partial charge in [-0.2, -0.15) is 0 Å². The molecule has 0 spiro atoms. The summed E-state index contributed by atoms with van der Waals surface area (Å²) in [7, 11) is 2.79. The topological polar surface area (TPSA) is 58.6 Å². The van der Waals surface area contributed by atoms with Crippen LogP contribution in [-0.2, 0) is 4.79 Å². The van der Waals surface area contributed by atoms with E-state index in [1.165, 1.54) is 31.2 Å². The van der Waals surface area contributed by atoms with Crippen LogP contribution >= 0.6 is 11.6 Å². The van der Waals surface area contributed by atoms with Gasteiger partial charge < -0.3 is 15.0 Å². The molecule has 1 N–H and O–H groups in total. The first-order valence-electron chi connectivity index (χ1n) is 7.05. The minimum Gasteiger partial charge on any atom is -0.494 e. The van der Waals surface area contributed by atoms with Crippen molar-refractivity contribution in [1.29, 1.82) is 0 Å². The van der Waals surface area contributed by atoms with E-state index in [-0.39, 0.29) is 17.9 Å². The number of hydrogen-bond donors (Lipinski definition) is 1. The predicted molar refractivity (Wildman–Crippen MR) is 90.0 cm³/mol. The average molecular weight is 351 g/mol. The standard InChI is InChI=1S/C17H16ClFN2O3/c1-21(10-16(22)20-14-6-4-3-5-12(14)18)17(23)11-7-8-15(24-2)13(19)9-11/h3-9H,10H2,1-2H3,(H,20,22). The lowest BCUT2D eigenvalue weighted by molar-refractivity contribution is -0.116. The Labute approximate surface area is 144 Å². The predicted octanol–water partition coefficient (Wildman–Crippen LogP) is 3.20. The van der Waals surface area contributed by atoms with Gasteiger partial charge in [-0.3, -0.25) is 9.59 Å². The van der Waals surface area contributed by atoms with Gasteiger partial charge in [0.1, 0.15) is 0 Å². The molecule has 0 saturated heterocycles. The highest BCUT2D eigenvalue weighted by Crippen LogP contribution is 2.21. The van der Waals surface area contributed by atoms with Crippen LogP contribution in [0.25, 0.3) is 0 Å². The van der Waals surface area contributed by atoms with E-state index >= 15 is 0 Å². The van der Waals surface area contributed by atoms with Crippen molar-refractivity contribution in [3.63, 3.8) is 0 Å². The number of amides is 2. The number of benzene rings is 2. The van der Waals surface area contributed by atoms with Crippen LogP contribution in [0.15, 0.2) is 42.5 Å². The Morgan fingerprint density at radius 1 is 1.25 bits per heavy atom. The molecule has 0 bridgehead atoms. The molecule has 24 heavy (non-hydrogen) atoms. The fraction of sp³-hybridized carbons (Fsp3) is 0.176. The summed E-state index contributed by atoms with van der Waals surface area (Å²) in [6.45, 7) is -0.197. The third-order valence-corrected chi connectivity index (χ3v) is 3.60. The number of nitrogens with one attached hydrogen (secondary N) is 1. The van der Waals surface area contributed by atoms with Gasteiger partial charge in [0.25, 0.3) is 5.91 Å². The largest absolute Gasteiger partial charge is 0.494 e. The molecule has 7 heteroatoms. The SMILES string of the molecule is COc1ccc(C(=O)N(C)CC(=O)Nc2ccccc2Cl)cc1F. The molecule has 0 unspecified atom stereocenters. The van der Waals surface area contributed by atoms with Gasteiger partial charge in [0, 0.05) is 12.6 Å². The monoisotopic (exact) mass is 350 g/mol. The summed E-state index contributed by atoms with van der Waals surface area (Å²) in [5.41, 5.74) is 0.585. The van der Waals surface area contributed by atoms with Gasteiger partial charge in [0.2, 0.25) is 5.91 Å². The zero-order valence-electron chi connectivity index (χ0n) is 13.2. The number of rotatable bonds is 5. The van der Waals surface area contributed by atoms with Crippen molar-refractivity contribution in [2.45, 2.75) is 0 Å². The van der Waals surface area contributed by atoms with Gasteiger partial charge >= 0.3 is 0 Å². The number of para-hydroxylation sites is 1. The second kappa shape index (κ2) is 7.79. The molecule has 0 aliphatic rings. The molecule has 0 heterocycles. The summed E-state index contributed by atoms with van der Waals surface area (Å²) in [6, 6.07) is 10.6. The molecule has 2 aromatic rings. The van der Waals surface area contributed by atoms with Crippen LogP contribution in [0, 0.1) is 5.82 Å². The zero-order chi connectivity index (χ0) is 17.7. The van der Waals surface area contributed by atoms with Crippen LogP contribution in [0.2, 0.25) is 5.02 Å². The molecule has 2 aromatic carbocycles. The Bertz CT molecular complexity index is 767. The van der Waals surface area contributed by atoms with Crippen LogP contribution in [0.1, 0.15) is 10.4 Å².